The Labute approximate surface area is 158 Å². The molecular weight excluding hydrogens is 340 g/mol. The molecule has 0 atom stereocenters. The largest absolute Gasteiger partial charge is 0.375 e. The minimum Gasteiger partial charge on any atom is -0.375 e. The molecule has 0 unspecified atom stereocenters. The van der Waals surface area contributed by atoms with E-state index in [-0.39, 0.29) is 12.5 Å². The zero-order valence-corrected chi connectivity index (χ0v) is 15.8. The smallest absolute Gasteiger partial charge is 0.243 e. The van der Waals surface area contributed by atoms with Crippen LogP contribution in [0.2, 0.25) is 0 Å². The van der Waals surface area contributed by atoms with Gasteiger partial charge in [0.2, 0.25) is 5.91 Å². The van der Waals surface area contributed by atoms with Gasteiger partial charge in [-0.1, -0.05) is 59.8 Å². The van der Waals surface area contributed by atoms with Crippen LogP contribution < -0.4 is 10.6 Å². The first-order valence-electron chi connectivity index (χ1n) is 8.55. The van der Waals surface area contributed by atoms with Crippen molar-refractivity contribution in [3.05, 3.63) is 83.9 Å². The number of anilines is 2. The van der Waals surface area contributed by atoms with E-state index in [0.717, 1.165) is 21.8 Å². The van der Waals surface area contributed by atoms with Gasteiger partial charge in [0.1, 0.15) is 0 Å². The monoisotopic (exact) mass is 362 g/mol. The molecule has 132 valence electrons. The highest BCUT2D eigenvalue weighted by atomic mass is 32.2. The third-order valence-electron chi connectivity index (χ3n) is 3.95. The molecular formula is C22H22N2OS. The summed E-state index contributed by atoms with van der Waals surface area (Å²) in [5.41, 5.74) is 4.07. The van der Waals surface area contributed by atoms with Crippen molar-refractivity contribution in [3.8, 4) is 0 Å². The highest BCUT2D eigenvalue weighted by Crippen LogP contribution is 2.33. The third kappa shape index (κ3) is 4.90. The Balaban J connectivity index is 1.63. The number of benzene rings is 3. The first-order chi connectivity index (χ1) is 12.6. The van der Waals surface area contributed by atoms with Crippen molar-refractivity contribution in [3.63, 3.8) is 0 Å². The maximum atomic E-state index is 12.3. The van der Waals surface area contributed by atoms with E-state index in [2.05, 4.69) is 34.9 Å². The second kappa shape index (κ2) is 8.59. The molecule has 0 bridgehead atoms. The van der Waals surface area contributed by atoms with Crippen molar-refractivity contribution < 1.29 is 4.79 Å². The van der Waals surface area contributed by atoms with E-state index in [9.17, 15) is 4.79 Å². The molecule has 0 spiro atoms. The fourth-order valence-corrected chi connectivity index (χ4v) is 3.58. The van der Waals surface area contributed by atoms with Gasteiger partial charge in [-0.25, -0.2) is 0 Å². The molecule has 0 saturated carbocycles. The Morgan fingerprint density at radius 1 is 0.885 bits per heavy atom. The molecule has 0 aliphatic carbocycles. The molecule has 4 heteroatoms. The summed E-state index contributed by atoms with van der Waals surface area (Å²) in [4.78, 5) is 14.6. The first kappa shape index (κ1) is 18.1. The minimum absolute atomic E-state index is 0.0588. The second-order valence-electron chi connectivity index (χ2n) is 6.13. The lowest BCUT2D eigenvalue weighted by molar-refractivity contribution is -0.114. The molecule has 0 radical (unpaired) electrons. The molecule has 3 aromatic carbocycles. The van der Waals surface area contributed by atoms with Crippen LogP contribution >= 0.6 is 11.8 Å². The highest BCUT2D eigenvalue weighted by Gasteiger charge is 2.08. The van der Waals surface area contributed by atoms with Crippen LogP contribution in [0.4, 0.5) is 11.4 Å². The van der Waals surface area contributed by atoms with Gasteiger partial charge >= 0.3 is 0 Å². The van der Waals surface area contributed by atoms with E-state index >= 15 is 0 Å². The standard InChI is InChI=1S/C22H22N2OS/c1-16-12-13-19(17(2)14-16)24-22(25)15-23-20-10-6-7-11-21(20)26-18-8-4-3-5-9-18/h3-14,23H,15H2,1-2H3,(H,24,25). The molecule has 3 aromatic rings. The van der Waals surface area contributed by atoms with Crippen molar-refractivity contribution in [1.29, 1.82) is 0 Å². The van der Waals surface area contributed by atoms with Crippen LogP contribution in [-0.4, -0.2) is 12.5 Å². The number of carbonyl (C=O) groups excluding carboxylic acids is 1. The number of nitrogens with one attached hydrogen (secondary N) is 2. The van der Waals surface area contributed by atoms with Gasteiger partial charge < -0.3 is 10.6 Å². The number of hydrogen-bond acceptors (Lipinski definition) is 3. The minimum atomic E-state index is -0.0588. The van der Waals surface area contributed by atoms with E-state index in [1.165, 1.54) is 10.5 Å². The van der Waals surface area contributed by atoms with Crippen LogP contribution in [0.3, 0.4) is 0 Å². The van der Waals surface area contributed by atoms with E-state index in [1.54, 1.807) is 11.8 Å². The fraction of sp³-hybridized carbons (Fsp3) is 0.136. The van der Waals surface area contributed by atoms with Gasteiger partial charge in [-0.3, -0.25) is 4.79 Å². The Bertz CT molecular complexity index is 894. The predicted octanol–water partition coefficient (Wildman–Crippen LogP) is 5.51. The molecule has 0 heterocycles. The van der Waals surface area contributed by atoms with Crippen LogP contribution in [-0.2, 0) is 4.79 Å². The van der Waals surface area contributed by atoms with E-state index < -0.39 is 0 Å². The molecule has 1 amide bonds. The Morgan fingerprint density at radius 3 is 2.38 bits per heavy atom. The maximum Gasteiger partial charge on any atom is 0.243 e. The second-order valence-corrected chi connectivity index (χ2v) is 7.25. The Morgan fingerprint density at radius 2 is 1.62 bits per heavy atom. The molecule has 0 aliphatic rings. The Kier molecular flexibility index (Phi) is 5.97. The SMILES string of the molecule is Cc1ccc(NC(=O)CNc2ccccc2Sc2ccccc2)c(C)c1. The predicted molar refractivity (Wildman–Crippen MR) is 110 cm³/mol. The molecule has 3 rings (SSSR count). The van der Waals surface area contributed by atoms with Gasteiger partial charge in [0, 0.05) is 21.2 Å². The number of amides is 1. The van der Waals surface area contributed by atoms with E-state index in [4.69, 9.17) is 0 Å². The molecule has 0 aromatic heterocycles. The molecule has 26 heavy (non-hydrogen) atoms. The summed E-state index contributed by atoms with van der Waals surface area (Å²) in [5.74, 6) is -0.0588. The number of hydrogen-bond donors (Lipinski definition) is 2. The quantitative estimate of drug-likeness (QED) is 0.608. The average Bonchev–Trinajstić information content (AvgIpc) is 2.64. The normalized spacial score (nSPS) is 10.4. The van der Waals surface area contributed by atoms with Gasteiger partial charge in [-0.2, -0.15) is 0 Å². The lowest BCUT2D eigenvalue weighted by atomic mass is 10.1. The topological polar surface area (TPSA) is 41.1 Å². The van der Waals surface area contributed by atoms with Crippen molar-refractivity contribution >= 4 is 29.0 Å². The summed E-state index contributed by atoms with van der Waals surface area (Å²) in [6.45, 7) is 4.27. The van der Waals surface area contributed by atoms with Crippen molar-refractivity contribution in [2.75, 3.05) is 17.2 Å². The summed E-state index contributed by atoms with van der Waals surface area (Å²) in [7, 11) is 0. The molecule has 0 saturated heterocycles. The van der Waals surface area contributed by atoms with Gasteiger partial charge in [-0.15, -0.1) is 0 Å². The third-order valence-corrected chi connectivity index (χ3v) is 5.04. The maximum absolute atomic E-state index is 12.3. The molecule has 3 nitrogen and oxygen atoms in total. The van der Waals surface area contributed by atoms with Crippen LogP contribution in [0.15, 0.2) is 82.6 Å². The van der Waals surface area contributed by atoms with Crippen molar-refractivity contribution in [2.45, 2.75) is 23.6 Å². The van der Waals surface area contributed by atoms with Gasteiger partial charge in [0.05, 0.1) is 6.54 Å². The van der Waals surface area contributed by atoms with Crippen LogP contribution in [0.1, 0.15) is 11.1 Å². The van der Waals surface area contributed by atoms with Gasteiger partial charge in [0.15, 0.2) is 0 Å². The fourth-order valence-electron chi connectivity index (χ4n) is 2.64. The summed E-state index contributed by atoms with van der Waals surface area (Å²) < 4.78 is 0. The molecule has 2 N–H and O–H groups in total. The zero-order chi connectivity index (χ0) is 18.4. The summed E-state index contributed by atoms with van der Waals surface area (Å²) in [6, 6.07) is 24.3. The number of carbonyl (C=O) groups is 1. The van der Waals surface area contributed by atoms with Crippen LogP contribution in [0, 0.1) is 13.8 Å². The van der Waals surface area contributed by atoms with Gasteiger partial charge in [0.25, 0.3) is 0 Å². The zero-order valence-electron chi connectivity index (χ0n) is 15.0. The number of aryl methyl sites for hydroxylation is 2. The lowest BCUT2D eigenvalue weighted by Crippen LogP contribution is -2.22. The van der Waals surface area contributed by atoms with E-state index in [1.807, 2.05) is 62.4 Å². The Hall–Kier alpha value is -2.72. The van der Waals surface area contributed by atoms with Crippen LogP contribution in [0.5, 0.6) is 0 Å². The van der Waals surface area contributed by atoms with Gasteiger partial charge in [-0.05, 0) is 49.7 Å². The summed E-state index contributed by atoms with van der Waals surface area (Å²) >= 11 is 1.68. The molecule has 0 fully saturated rings. The molecule has 0 aliphatic heterocycles. The number of para-hydroxylation sites is 1. The average molecular weight is 362 g/mol. The highest BCUT2D eigenvalue weighted by molar-refractivity contribution is 7.99. The summed E-state index contributed by atoms with van der Waals surface area (Å²) in [6.07, 6.45) is 0. The van der Waals surface area contributed by atoms with Crippen molar-refractivity contribution in [2.24, 2.45) is 0 Å². The first-order valence-corrected chi connectivity index (χ1v) is 9.36. The van der Waals surface area contributed by atoms with Crippen LogP contribution in [0.25, 0.3) is 0 Å². The number of rotatable bonds is 6. The lowest BCUT2D eigenvalue weighted by Gasteiger charge is -2.13. The van der Waals surface area contributed by atoms with E-state index in [0.29, 0.717) is 0 Å². The summed E-state index contributed by atoms with van der Waals surface area (Å²) in [5, 5.41) is 6.22. The van der Waals surface area contributed by atoms with Crippen molar-refractivity contribution in [1.82, 2.24) is 0 Å².